The van der Waals surface area contributed by atoms with Gasteiger partial charge in [0.1, 0.15) is 0 Å². The van der Waals surface area contributed by atoms with E-state index < -0.39 is 6.04 Å². The number of halogens is 2. The van der Waals surface area contributed by atoms with Gasteiger partial charge in [0.25, 0.3) is 5.91 Å². The zero-order chi connectivity index (χ0) is 20.4. The monoisotopic (exact) mass is 425 g/mol. The summed E-state index contributed by atoms with van der Waals surface area (Å²) in [5.74, 6) is -0.375. The molecule has 1 atom stereocenters. The van der Waals surface area contributed by atoms with Crippen molar-refractivity contribution in [3.8, 4) is 0 Å². The highest BCUT2D eigenvalue weighted by molar-refractivity contribution is 6.31. The second-order valence-corrected chi connectivity index (χ2v) is 7.52. The molecule has 1 aliphatic heterocycles. The van der Waals surface area contributed by atoms with Crippen molar-refractivity contribution in [2.24, 2.45) is 0 Å². The second kappa shape index (κ2) is 8.23. The number of nitrogens with one attached hydrogen (secondary N) is 1. The first-order valence-corrected chi connectivity index (χ1v) is 9.84. The second-order valence-electron chi connectivity index (χ2n) is 6.68. The van der Waals surface area contributed by atoms with Gasteiger partial charge in [-0.3, -0.25) is 19.5 Å². The molecule has 29 heavy (non-hydrogen) atoms. The van der Waals surface area contributed by atoms with E-state index in [-0.39, 0.29) is 18.2 Å². The summed E-state index contributed by atoms with van der Waals surface area (Å²) in [7, 11) is 0. The maximum absolute atomic E-state index is 13.0. The van der Waals surface area contributed by atoms with Crippen LogP contribution in [-0.2, 0) is 11.3 Å². The minimum atomic E-state index is -0.494. The summed E-state index contributed by atoms with van der Waals surface area (Å²) < 4.78 is 0. The highest BCUT2D eigenvalue weighted by Gasteiger charge is 2.39. The number of aromatic nitrogens is 1. The lowest BCUT2D eigenvalue weighted by Gasteiger charge is -2.24. The highest BCUT2D eigenvalue weighted by Crippen LogP contribution is 2.38. The van der Waals surface area contributed by atoms with Crippen LogP contribution in [0.4, 0.5) is 5.69 Å². The van der Waals surface area contributed by atoms with Gasteiger partial charge in [0, 0.05) is 28.5 Å². The Bertz CT molecular complexity index is 1070. The lowest BCUT2D eigenvalue weighted by molar-refractivity contribution is -0.121. The van der Waals surface area contributed by atoms with Crippen LogP contribution >= 0.6 is 23.2 Å². The molecule has 7 heteroatoms. The van der Waals surface area contributed by atoms with Gasteiger partial charge in [0.2, 0.25) is 5.91 Å². The topological polar surface area (TPSA) is 62.3 Å². The molecule has 4 rings (SSSR count). The summed E-state index contributed by atoms with van der Waals surface area (Å²) in [5.41, 5.74) is 2.60. The number of carbonyl (C=O) groups excluding carboxylic acids is 2. The number of rotatable bonds is 5. The van der Waals surface area contributed by atoms with Gasteiger partial charge in [-0.15, -0.1) is 0 Å². The molecule has 146 valence electrons. The fourth-order valence-corrected chi connectivity index (χ4v) is 3.76. The minimum Gasteiger partial charge on any atom is -0.352 e. The molecule has 1 unspecified atom stereocenters. The first kappa shape index (κ1) is 19.4. The van der Waals surface area contributed by atoms with Gasteiger partial charge in [0.15, 0.2) is 0 Å². The number of anilines is 1. The van der Waals surface area contributed by atoms with Crippen LogP contribution in [-0.4, -0.2) is 16.8 Å². The molecule has 5 nitrogen and oxygen atoms in total. The molecule has 1 aliphatic rings. The molecule has 3 aromatic rings. The van der Waals surface area contributed by atoms with Crippen LogP contribution in [0.3, 0.4) is 0 Å². The van der Waals surface area contributed by atoms with Crippen molar-refractivity contribution in [1.82, 2.24) is 10.3 Å². The third-order valence-electron chi connectivity index (χ3n) is 4.83. The molecule has 0 radical (unpaired) electrons. The SMILES string of the molecule is O=C(CC1c2ncccc2C(=O)N1c1ccc(Cl)cc1)NCc1ccccc1Cl. The van der Waals surface area contributed by atoms with Gasteiger partial charge < -0.3 is 5.32 Å². The Kier molecular flexibility index (Phi) is 5.51. The Morgan fingerprint density at radius 3 is 2.55 bits per heavy atom. The molecular formula is C22H17Cl2N3O2. The largest absolute Gasteiger partial charge is 0.352 e. The van der Waals surface area contributed by atoms with E-state index in [4.69, 9.17) is 23.2 Å². The zero-order valence-electron chi connectivity index (χ0n) is 15.3. The number of nitrogens with zero attached hydrogens (tertiary/aromatic N) is 2. The Morgan fingerprint density at radius 2 is 1.79 bits per heavy atom. The van der Waals surface area contributed by atoms with E-state index in [1.54, 1.807) is 53.6 Å². The fraction of sp³-hybridized carbons (Fsp3) is 0.136. The number of hydrogen-bond donors (Lipinski definition) is 1. The molecule has 0 spiro atoms. The zero-order valence-corrected chi connectivity index (χ0v) is 16.8. The van der Waals surface area contributed by atoms with E-state index in [1.165, 1.54) is 0 Å². The van der Waals surface area contributed by atoms with Crippen molar-refractivity contribution in [1.29, 1.82) is 0 Å². The van der Waals surface area contributed by atoms with Gasteiger partial charge in [-0.2, -0.15) is 0 Å². The highest BCUT2D eigenvalue weighted by atomic mass is 35.5. The van der Waals surface area contributed by atoms with Gasteiger partial charge in [-0.1, -0.05) is 41.4 Å². The number of benzene rings is 2. The average molecular weight is 426 g/mol. The van der Waals surface area contributed by atoms with Crippen LogP contribution in [0.15, 0.2) is 66.9 Å². The third kappa shape index (κ3) is 3.97. The Labute approximate surface area is 178 Å². The van der Waals surface area contributed by atoms with E-state index in [1.807, 2.05) is 18.2 Å². The normalized spacial score (nSPS) is 15.3. The number of pyridine rings is 1. The first-order chi connectivity index (χ1) is 14.0. The smallest absolute Gasteiger partial charge is 0.260 e. The summed E-state index contributed by atoms with van der Waals surface area (Å²) in [5, 5.41) is 4.05. The molecular weight excluding hydrogens is 409 g/mol. The molecule has 0 saturated heterocycles. The van der Waals surface area contributed by atoms with Gasteiger partial charge in [-0.25, -0.2) is 0 Å². The van der Waals surface area contributed by atoms with Crippen LogP contribution in [0, 0.1) is 0 Å². The standard InChI is InChI=1S/C22H17Cl2N3O2/c23-15-7-9-16(10-8-15)27-19(21-17(22(27)29)5-3-11-25-21)12-20(28)26-13-14-4-1-2-6-18(14)24/h1-11,19H,12-13H2,(H,26,28). The maximum atomic E-state index is 13.0. The Hall–Kier alpha value is -2.89. The number of hydrogen-bond acceptors (Lipinski definition) is 3. The van der Waals surface area contributed by atoms with Crippen molar-refractivity contribution in [3.05, 3.63) is 93.7 Å². The van der Waals surface area contributed by atoms with Crippen molar-refractivity contribution >= 4 is 40.7 Å². The van der Waals surface area contributed by atoms with Crippen molar-refractivity contribution in [2.75, 3.05) is 4.90 Å². The van der Waals surface area contributed by atoms with Gasteiger partial charge in [0.05, 0.1) is 23.7 Å². The molecule has 0 fully saturated rings. The molecule has 2 amide bonds. The predicted molar refractivity (Wildman–Crippen MR) is 113 cm³/mol. The molecule has 2 aromatic carbocycles. The summed E-state index contributed by atoms with van der Waals surface area (Å²) in [6.07, 6.45) is 1.72. The van der Waals surface area contributed by atoms with Crippen molar-refractivity contribution < 1.29 is 9.59 Å². The van der Waals surface area contributed by atoms with E-state index in [0.717, 1.165) is 5.56 Å². The minimum absolute atomic E-state index is 0.0861. The van der Waals surface area contributed by atoms with Crippen LogP contribution in [0.1, 0.15) is 34.1 Å². The van der Waals surface area contributed by atoms with E-state index in [0.29, 0.717) is 33.5 Å². The molecule has 0 bridgehead atoms. The molecule has 1 N–H and O–H groups in total. The number of amides is 2. The van der Waals surface area contributed by atoms with E-state index in [2.05, 4.69) is 10.3 Å². The summed E-state index contributed by atoms with van der Waals surface area (Å²) >= 11 is 12.1. The van der Waals surface area contributed by atoms with Crippen molar-refractivity contribution in [3.63, 3.8) is 0 Å². The van der Waals surface area contributed by atoms with Crippen LogP contribution in [0.2, 0.25) is 10.0 Å². The quantitative estimate of drug-likeness (QED) is 0.638. The van der Waals surface area contributed by atoms with E-state index >= 15 is 0 Å². The maximum Gasteiger partial charge on any atom is 0.260 e. The number of carbonyl (C=O) groups is 2. The fourth-order valence-electron chi connectivity index (χ4n) is 3.43. The number of fused-ring (bicyclic) bond motifs is 1. The van der Waals surface area contributed by atoms with Gasteiger partial charge in [-0.05, 0) is 48.0 Å². The lowest BCUT2D eigenvalue weighted by Crippen LogP contribution is -2.33. The Morgan fingerprint density at radius 1 is 1.03 bits per heavy atom. The molecule has 0 saturated carbocycles. The van der Waals surface area contributed by atoms with Crippen LogP contribution in [0.25, 0.3) is 0 Å². The lowest BCUT2D eigenvalue weighted by atomic mass is 10.1. The summed E-state index contributed by atoms with van der Waals surface area (Å²) in [4.78, 5) is 31.7. The molecule has 1 aromatic heterocycles. The predicted octanol–water partition coefficient (Wildman–Crippen LogP) is 4.80. The van der Waals surface area contributed by atoms with Crippen LogP contribution in [0.5, 0.6) is 0 Å². The van der Waals surface area contributed by atoms with Gasteiger partial charge >= 0.3 is 0 Å². The molecule has 0 aliphatic carbocycles. The summed E-state index contributed by atoms with van der Waals surface area (Å²) in [6.45, 7) is 0.315. The Balaban J connectivity index is 1.57. The molecule has 2 heterocycles. The first-order valence-electron chi connectivity index (χ1n) is 9.09. The van der Waals surface area contributed by atoms with Crippen molar-refractivity contribution in [2.45, 2.75) is 19.0 Å². The average Bonchev–Trinajstić information content (AvgIpc) is 3.00. The summed E-state index contributed by atoms with van der Waals surface area (Å²) in [6, 6.07) is 17.3. The van der Waals surface area contributed by atoms with E-state index in [9.17, 15) is 9.59 Å². The third-order valence-corrected chi connectivity index (χ3v) is 5.45. The van der Waals surface area contributed by atoms with Crippen LogP contribution < -0.4 is 10.2 Å².